The number of primary amides is 1. The Morgan fingerprint density at radius 3 is 1.97 bits per heavy atom. The molecule has 33 heavy (non-hydrogen) atoms. The number of aliphatic hydroxyl groups is 1. The number of nitrogens with two attached hydrogens (primary N) is 2. The summed E-state index contributed by atoms with van der Waals surface area (Å²) < 4.78 is 0. The minimum atomic E-state index is -1.30. The summed E-state index contributed by atoms with van der Waals surface area (Å²) in [6.45, 7) is -0.671. The molecule has 0 aliphatic rings. The van der Waals surface area contributed by atoms with Crippen molar-refractivity contribution in [2.75, 3.05) is 12.4 Å². The molecule has 9 N–H and O–H groups in total. The molecule has 4 atom stereocenters. The van der Waals surface area contributed by atoms with Gasteiger partial charge in [0.1, 0.15) is 24.2 Å². The van der Waals surface area contributed by atoms with Gasteiger partial charge in [-0.1, -0.05) is 30.3 Å². The number of hydrogen-bond donors (Lipinski definition) is 8. The Morgan fingerprint density at radius 1 is 0.909 bits per heavy atom. The predicted molar refractivity (Wildman–Crippen MR) is 121 cm³/mol. The second-order valence-corrected chi connectivity index (χ2v) is 7.55. The van der Waals surface area contributed by atoms with Crippen LogP contribution in [-0.2, 0) is 30.4 Å². The Kier molecular flexibility index (Phi) is 11.9. The van der Waals surface area contributed by atoms with Crippen molar-refractivity contribution in [1.29, 1.82) is 0 Å². The van der Waals surface area contributed by atoms with E-state index in [1.165, 1.54) is 0 Å². The van der Waals surface area contributed by atoms with E-state index in [2.05, 4.69) is 28.6 Å². The molecule has 4 unspecified atom stereocenters. The summed E-state index contributed by atoms with van der Waals surface area (Å²) in [5.41, 5.74) is 11.2. The molecular weight excluding hydrogens is 454 g/mol. The summed E-state index contributed by atoms with van der Waals surface area (Å²) in [5, 5.41) is 25.5. The van der Waals surface area contributed by atoms with E-state index in [1.807, 2.05) is 0 Å². The van der Waals surface area contributed by atoms with Gasteiger partial charge in [0, 0.05) is 18.6 Å². The van der Waals surface area contributed by atoms with E-state index in [4.69, 9.17) is 16.6 Å². The molecule has 1 aromatic carbocycles. The lowest BCUT2D eigenvalue weighted by Crippen LogP contribution is -2.58. The summed E-state index contributed by atoms with van der Waals surface area (Å²) in [4.78, 5) is 60.0. The molecule has 1 rings (SSSR count). The Hall–Kier alpha value is -3.16. The van der Waals surface area contributed by atoms with Crippen LogP contribution in [0.2, 0.25) is 0 Å². The molecule has 13 heteroatoms. The number of amides is 4. The second-order valence-electron chi connectivity index (χ2n) is 7.19. The quantitative estimate of drug-likeness (QED) is 0.130. The molecule has 0 aromatic heterocycles. The highest BCUT2D eigenvalue weighted by Crippen LogP contribution is 2.05. The second kappa shape index (κ2) is 14.1. The smallest absolute Gasteiger partial charge is 0.326 e. The Balaban J connectivity index is 2.87. The predicted octanol–water partition coefficient (Wildman–Crippen LogP) is -2.72. The van der Waals surface area contributed by atoms with Gasteiger partial charge in [0.05, 0.1) is 6.61 Å². The first kappa shape index (κ1) is 27.9. The first-order valence-electron chi connectivity index (χ1n) is 10.0. The number of aliphatic carboxylic acids is 1. The Bertz CT molecular complexity index is 839. The molecule has 1 aromatic rings. The van der Waals surface area contributed by atoms with E-state index >= 15 is 0 Å². The van der Waals surface area contributed by atoms with E-state index in [0.717, 1.165) is 0 Å². The number of thiol groups is 1. The number of benzene rings is 1. The van der Waals surface area contributed by atoms with Crippen molar-refractivity contribution in [3.63, 3.8) is 0 Å². The molecule has 182 valence electrons. The highest BCUT2D eigenvalue weighted by Gasteiger charge is 2.30. The van der Waals surface area contributed by atoms with Crippen molar-refractivity contribution in [3.8, 4) is 0 Å². The number of carboxylic acids is 1. The average Bonchev–Trinajstić information content (AvgIpc) is 2.78. The normalized spacial score (nSPS) is 14.3. The number of carbonyl (C=O) groups is 5. The third kappa shape index (κ3) is 9.89. The fourth-order valence-corrected chi connectivity index (χ4v) is 2.96. The van der Waals surface area contributed by atoms with Crippen LogP contribution in [0.4, 0.5) is 0 Å². The van der Waals surface area contributed by atoms with Gasteiger partial charge in [-0.3, -0.25) is 19.2 Å². The topological polar surface area (TPSA) is 214 Å². The number of carbonyl (C=O) groups excluding carboxylic acids is 4. The first-order valence-corrected chi connectivity index (χ1v) is 10.7. The molecule has 4 amide bonds. The molecule has 0 fully saturated rings. The third-order valence-corrected chi connectivity index (χ3v) is 4.92. The summed E-state index contributed by atoms with van der Waals surface area (Å²) in [6.07, 6.45) is -0.411. The van der Waals surface area contributed by atoms with Crippen LogP contribution in [0.5, 0.6) is 0 Å². The van der Waals surface area contributed by atoms with E-state index < -0.39 is 60.4 Å². The summed E-state index contributed by atoms with van der Waals surface area (Å²) >= 11 is 4.04. The Labute approximate surface area is 195 Å². The molecule has 12 nitrogen and oxygen atoms in total. The maximum atomic E-state index is 12.7. The van der Waals surface area contributed by atoms with Crippen LogP contribution in [0.25, 0.3) is 0 Å². The van der Waals surface area contributed by atoms with E-state index in [1.54, 1.807) is 30.3 Å². The minimum Gasteiger partial charge on any atom is -0.480 e. The van der Waals surface area contributed by atoms with Gasteiger partial charge in [0.25, 0.3) is 0 Å². The minimum absolute atomic E-state index is 0.0193. The summed E-state index contributed by atoms with van der Waals surface area (Å²) in [5.74, 6) is -4.64. The number of aliphatic hydroxyl groups excluding tert-OH is 1. The van der Waals surface area contributed by atoms with Crippen LogP contribution in [0.15, 0.2) is 30.3 Å². The molecule has 0 radical (unpaired) electrons. The number of carboxylic acid groups (broad SMARTS) is 1. The van der Waals surface area contributed by atoms with E-state index in [9.17, 15) is 29.1 Å². The van der Waals surface area contributed by atoms with Gasteiger partial charge in [0.15, 0.2) is 0 Å². The fourth-order valence-electron chi connectivity index (χ4n) is 2.71. The molecule has 0 saturated carbocycles. The van der Waals surface area contributed by atoms with Gasteiger partial charge in [-0.25, -0.2) is 4.79 Å². The number of hydrogen-bond acceptors (Lipinski definition) is 8. The van der Waals surface area contributed by atoms with Crippen LogP contribution in [0.3, 0.4) is 0 Å². The zero-order valence-electron chi connectivity index (χ0n) is 17.8. The SMILES string of the molecule is NC(=O)CCC(NC(=O)C(N)CO)C(=O)NC(CS)C(=O)NC(Cc1ccccc1)C(=O)O. The lowest BCUT2D eigenvalue weighted by molar-refractivity contribution is -0.142. The van der Waals surface area contributed by atoms with Gasteiger partial charge in [-0.05, 0) is 12.0 Å². The molecule has 0 spiro atoms. The van der Waals surface area contributed by atoms with Crippen LogP contribution in [0.1, 0.15) is 18.4 Å². The molecule has 0 bridgehead atoms. The van der Waals surface area contributed by atoms with Gasteiger partial charge in [-0.15, -0.1) is 0 Å². The van der Waals surface area contributed by atoms with Crippen molar-refractivity contribution in [2.24, 2.45) is 11.5 Å². The molecule has 0 aliphatic heterocycles. The lowest BCUT2D eigenvalue weighted by Gasteiger charge is -2.24. The zero-order valence-corrected chi connectivity index (χ0v) is 18.7. The van der Waals surface area contributed by atoms with Crippen molar-refractivity contribution >= 4 is 42.2 Å². The van der Waals surface area contributed by atoms with Crippen molar-refractivity contribution < 1.29 is 34.2 Å². The van der Waals surface area contributed by atoms with E-state index in [0.29, 0.717) is 5.56 Å². The molecule has 0 heterocycles. The van der Waals surface area contributed by atoms with Crippen LogP contribution < -0.4 is 27.4 Å². The highest BCUT2D eigenvalue weighted by molar-refractivity contribution is 7.80. The van der Waals surface area contributed by atoms with E-state index in [-0.39, 0.29) is 25.0 Å². The Morgan fingerprint density at radius 2 is 1.45 bits per heavy atom. The standard InChI is InChI=1S/C20H29N5O7S/c21-12(9-26)17(28)23-13(6-7-16(22)27)18(29)25-15(10-33)19(30)24-14(20(31)32)8-11-4-2-1-3-5-11/h1-5,12-15,26,33H,6-10,21H2,(H2,22,27)(H,23,28)(H,24,30)(H,25,29)(H,31,32). The number of rotatable bonds is 14. The number of nitrogens with one attached hydrogen (secondary N) is 3. The summed E-state index contributed by atoms with van der Waals surface area (Å²) in [6, 6.07) is 3.58. The lowest BCUT2D eigenvalue weighted by atomic mass is 10.1. The molecule has 0 aliphatic carbocycles. The van der Waals surface area contributed by atoms with Crippen molar-refractivity contribution in [1.82, 2.24) is 16.0 Å². The van der Waals surface area contributed by atoms with Crippen molar-refractivity contribution in [2.45, 2.75) is 43.4 Å². The van der Waals surface area contributed by atoms with Gasteiger partial charge < -0.3 is 37.6 Å². The molecule has 0 saturated heterocycles. The first-order chi connectivity index (χ1) is 15.6. The highest BCUT2D eigenvalue weighted by atomic mass is 32.1. The largest absolute Gasteiger partial charge is 0.480 e. The summed E-state index contributed by atoms with van der Waals surface area (Å²) in [7, 11) is 0. The van der Waals surface area contributed by atoms with Crippen LogP contribution in [-0.4, -0.2) is 76.3 Å². The van der Waals surface area contributed by atoms with Gasteiger partial charge in [-0.2, -0.15) is 12.6 Å². The maximum Gasteiger partial charge on any atom is 0.326 e. The maximum absolute atomic E-state index is 12.7. The van der Waals surface area contributed by atoms with Gasteiger partial charge >= 0.3 is 5.97 Å². The van der Waals surface area contributed by atoms with Crippen LogP contribution >= 0.6 is 12.6 Å². The van der Waals surface area contributed by atoms with Gasteiger partial charge in [0.2, 0.25) is 23.6 Å². The third-order valence-electron chi connectivity index (χ3n) is 4.56. The van der Waals surface area contributed by atoms with Crippen LogP contribution in [0, 0.1) is 0 Å². The monoisotopic (exact) mass is 483 g/mol. The fraction of sp³-hybridized carbons (Fsp3) is 0.450. The zero-order chi connectivity index (χ0) is 25.0. The van der Waals surface area contributed by atoms with Crippen molar-refractivity contribution in [3.05, 3.63) is 35.9 Å². The molecular formula is C20H29N5O7S. The average molecular weight is 484 g/mol.